The molecule has 0 aromatic heterocycles. The van der Waals surface area contributed by atoms with Gasteiger partial charge in [0.15, 0.2) is 5.78 Å². The summed E-state index contributed by atoms with van der Waals surface area (Å²) < 4.78 is 39.2. The highest BCUT2D eigenvalue weighted by Gasteiger charge is 2.11. The van der Waals surface area contributed by atoms with Crippen molar-refractivity contribution in [3.63, 3.8) is 0 Å². The molecule has 2 aromatic carbocycles. The van der Waals surface area contributed by atoms with Crippen LogP contribution in [-0.2, 0) is 6.42 Å². The van der Waals surface area contributed by atoms with E-state index in [4.69, 9.17) is 0 Å². The minimum absolute atomic E-state index is 0.0377. The van der Waals surface area contributed by atoms with Crippen LogP contribution in [0.5, 0.6) is 0 Å². The second-order valence-electron chi connectivity index (χ2n) is 3.85. The van der Waals surface area contributed by atoms with Crippen molar-refractivity contribution >= 4 is 5.78 Å². The molecule has 0 heterocycles. The molecule has 0 radical (unpaired) electrons. The molecule has 0 unspecified atom stereocenters. The molecule has 4 heteroatoms. The van der Waals surface area contributed by atoms with E-state index in [1.165, 1.54) is 18.2 Å². The largest absolute Gasteiger partial charge is 0.294 e. The number of hydrogen-bond acceptors (Lipinski definition) is 1. The van der Waals surface area contributed by atoms with E-state index in [-0.39, 0.29) is 17.5 Å². The maximum absolute atomic E-state index is 13.3. The van der Waals surface area contributed by atoms with Gasteiger partial charge in [-0.15, -0.1) is 0 Å². The Balaban J connectivity index is 2.24. The molecule has 0 amide bonds. The standard InChI is InChI=1S/C14H9F3O/c15-11-3-1-2-9(6-11)14(18)8-10-7-12(16)4-5-13(10)17/h1-7H,8H2. The number of benzene rings is 2. The van der Waals surface area contributed by atoms with Crippen molar-refractivity contribution < 1.29 is 18.0 Å². The van der Waals surface area contributed by atoms with Crippen molar-refractivity contribution in [3.8, 4) is 0 Å². The summed E-state index contributed by atoms with van der Waals surface area (Å²) in [5, 5.41) is 0. The van der Waals surface area contributed by atoms with E-state index in [9.17, 15) is 18.0 Å². The predicted octanol–water partition coefficient (Wildman–Crippen LogP) is 3.53. The van der Waals surface area contributed by atoms with Crippen LogP contribution in [0.4, 0.5) is 13.2 Å². The predicted molar refractivity (Wildman–Crippen MR) is 60.8 cm³/mol. The molecule has 0 aliphatic carbocycles. The fourth-order valence-corrected chi connectivity index (χ4v) is 1.62. The number of ketones is 1. The first-order valence-electron chi connectivity index (χ1n) is 5.29. The van der Waals surface area contributed by atoms with Crippen molar-refractivity contribution in [2.45, 2.75) is 6.42 Å². The topological polar surface area (TPSA) is 17.1 Å². The number of carbonyl (C=O) groups excluding carboxylic acids is 1. The van der Waals surface area contributed by atoms with Crippen LogP contribution in [0, 0.1) is 17.5 Å². The summed E-state index contributed by atoms with van der Waals surface area (Å²) >= 11 is 0. The van der Waals surface area contributed by atoms with Crippen LogP contribution in [0.3, 0.4) is 0 Å². The normalized spacial score (nSPS) is 10.4. The Hall–Kier alpha value is -2.10. The van der Waals surface area contributed by atoms with Gasteiger partial charge in [0.25, 0.3) is 0 Å². The van der Waals surface area contributed by atoms with E-state index < -0.39 is 23.2 Å². The molecule has 0 fully saturated rings. The van der Waals surface area contributed by atoms with Gasteiger partial charge < -0.3 is 0 Å². The van der Waals surface area contributed by atoms with Crippen LogP contribution < -0.4 is 0 Å². The summed E-state index contributed by atoms with van der Waals surface area (Å²) in [7, 11) is 0. The van der Waals surface area contributed by atoms with Gasteiger partial charge in [0.05, 0.1) is 0 Å². The Kier molecular flexibility index (Phi) is 3.46. The van der Waals surface area contributed by atoms with Gasteiger partial charge in [-0.05, 0) is 35.9 Å². The highest BCUT2D eigenvalue weighted by molar-refractivity contribution is 5.97. The third kappa shape index (κ3) is 2.77. The SMILES string of the molecule is O=C(Cc1cc(F)ccc1F)c1cccc(F)c1. The van der Waals surface area contributed by atoms with Gasteiger partial charge in [-0.1, -0.05) is 12.1 Å². The first-order chi connectivity index (χ1) is 8.56. The Morgan fingerprint density at radius 2 is 1.67 bits per heavy atom. The Morgan fingerprint density at radius 1 is 0.944 bits per heavy atom. The third-order valence-corrected chi connectivity index (χ3v) is 2.51. The van der Waals surface area contributed by atoms with Gasteiger partial charge in [-0.3, -0.25) is 4.79 Å². The number of carbonyl (C=O) groups is 1. The van der Waals surface area contributed by atoms with E-state index in [1.807, 2.05) is 0 Å². The van der Waals surface area contributed by atoms with Crippen molar-refractivity contribution in [1.82, 2.24) is 0 Å². The van der Waals surface area contributed by atoms with Crippen LogP contribution >= 0.6 is 0 Å². The van der Waals surface area contributed by atoms with E-state index in [1.54, 1.807) is 0 Å². The molecule has 92 valence electrons. The average Bonchev–Trinajstić information content (AvgIpc) is 2.34. The van der Waals surface area contributed by atoms with Gasteiger partial charge in [-0.2, -0.15) is 0 Å². The molecule has 2 aromatic rings. The summed E-state index contributed by atoms with van der Waals surface area (Å²) in [6, 6.07) is 8.01. The molecule has 18 heavy (non-hydrogen) atoms. The van der Waals surface area contributed by atoms with Crippen LogP contribution in [0.15, 0.2) is 42.5 Å². The Labute approximate surface area is 102 Å². The van der Waals surface area contributed by atoms with Crippen molar-refractivity contribution in [2.75, 3.05) is 0 Å². The minimum atomic E-state index is -0.652. The van der Waals surface area contributed by atoms with Gasteiger partial charge in [0, 0.05) is 12.0 Å². The molecule has 0 aliphatic heterocycles. The third-order valence-electron chi connectivity index (χ3n) is 2.51. The fourth-order valence-electron chi connectivity index (χ4n) is 1.62. The zero-order chi connectivity index (χ0) is 13.1. The lowest BCUT2D eigenvalue weighted by Crippen LogP contribution is -2.06. The monoisotopic (exact) mass is 250 g/mol. The van der Waals surface area contributed by atoms with E-state index in [0.717, 1.165) is 24.3 Å². The Bertz CT molecular complexity index is 593. The highest BCUT2D eigenvalue weighted by Crippen LogP contribution is 2.14. The van der Waals surface area contributed by atoms with Gasteiger partial charge >= 0.3 is 0 Å². The summed E-state index contributed by atoms with van der Waals surface area (Å²) in [6.07, 6.45) is -0.299. The van der Waals surface area contributed by atoms with Gasteiger partial charge in [0.2, 0.25) is 0 Å². The minimum Gasteiger partial charge on any atom is -0.294 e. The zero-order valence-electron chi connectivity index (χ0n) is 9.29. The van der Waals surface area contributed by atoms with Crippen LogP contribution in [0.25, 0.3) is 0 Å². The molecule has 0 N–H and O–H groups in total. The quantitative estimate of drug-likeness (QED) is 0.761. The summed E-state index contributed by atoms with van der Waals surface area (Å²) in [5.74, 6) is -2.26. The number of Topliss-reactive ketones (excluding diaryl/α,β-unsaturated/α-hetero) is 1. The Morgan fingerprint density at radius 3 is 2.39 bits per heavy atom. The smallest absolute Gasteiger partial charge is 0.167 e. The van der Waals surface area contributed by atoms with Crippen molar-refractivity contribution in [3.05, 3.63) is 71.0 Å². The second kappa shape index (κ2) is 5.04. The molecule has 0 saturated carbocycles. The lowest BCUT2D eigenvalue weighted by molar-refractivity contribution is 0.0991. The summed E-state index contributed by atoms with van der Waals surface area (Å²) in [6.45, 7) is 0. The first kappa shape index (κ1) is 12.4. The lowest BCUT2D eigenvalue weighted by Gasteiger charge is -2.03. The van der Waals surface area contributed by atoms with Crippen LogP contribution in [0.2, 0.25) is 0 Å². The molecular weight excluding hydrogens is 241 g/mol. The van der Waals surface area contributed by atoms with Crippen molar-refractivity contribution in [2.24, 2.45) is 0 Å². The zero-order valence-corrected chi connectivity index (χ0v) is 9.29. The average molecular weight is 250 g/mol. The number of rotatable bonds is 3. The molecule has 1 nitrogen and oxygen atoms in total. The molecule has 0 bridgehead atoms. The maximum atomic E-state index is 13.3. The van der Waals surface area contributed by atoms with Crippen LogP contribution in [-0.4, -0.2) is 5.78 Å². The summed E-state index contributed by atoms with van der Waals surface area (Å²) in [4.78, 5) is 11.8. The number of halogens is 3. The molecule has 0 spiro atoms. The highest BCUT2D eigenvalue weighted by atomic mass is 19.1. The van der Waals surface area contributed by atoms with E-state index in [0.29, 0.717) is 0 Å². The van der Waals surface area contributed by atoms with Gasteiger partial charge in [0.1, 0.15) is 17.5 Å². The molecule has 0 saturated heterocycles. The molecular formula is C14H9F3O. The molecule has 0 atom stereocenters. The van der Waals surface area contributed by atoms with E-state index >= 15 is 0 Å². The molecule has 2 rings (SSSR count). The van der Waals surface area contributed by atoms with Gasteiger partial charge in [-0.25, -0.2) is 13.2 Å². The maximum Gasteiger partial charge on any atom is 0.167 e. The number of hydrogen-bond donors (Lipinski definition) is 0. The summed E-state index contributed by atoms with van der Waals surface area (Å²) in [5.41, 5.74) is 0.0999. The second-order valence-corrected chi connectivity index (χ2v) is 3.85. The lowest BCUT2D eigenvalue weighted by atomic mass is 10.0. The fraction of sp³-hybridized carbons (Fsp3) is 0.0714. The first-order valence-corrected chi connectivity index (χ1v) is 5.29. The molecule has 0 aliphatic rings. The van der Waals surface area contributed by atoms with Crippen LogP contribution in [0.1, 0.15) is 15.9 Å². The van der Waals surface area contributed by atoms with Crippen molar-refractivity contribution in [1.29, 1.82) is 0 Å². The van der Waals surface area contributed by atoms with E-state index in [2.05, 4.69) is 0 Å².